The van der Waals surface area contributed by atoms with Crippen LogP contribution in [-0.4, -0.2) is 52.2 Å². The second kappa shape index (κ2) is 9.15. The molecule has 4 heterocycles. The maximum atomic E-state index is 12.7. The van der Waals surface area contributed by atoms with Gasteiger partial charge in [0, 0.05) is 61.4 Å². The summed E-state index contributed by atoms with van der Waals surface area (Å²) in [6, 6.07) is 12.8. The van der Waals surface area contributed by atoms with E-state index in [1.54, 1.807) is 0 Å². The van der Waals surface area contributed by atoms with Gasteiger partial charge in [0.05, 0.1) is 6.20 Å². The number of hydrogen-bond acceptors (Lipinski definition) is 4. The highest BCUT2D eigenvalue weighted by atomic mass is 16.2. The number of amides is 1. The van der Waals surface area contributed by atoms with E-state index in [1.165, 1.54) is 16.8 Å². The highest BCUT2D eigenvalue weighted by Crippen LogP contribution is 2.33. The first-order valence-electron chi connectivity index (χ1n) is 11.7. The van der Waals surface area contributed by atoms with Gasteiger partial charge in [-0.1, -0.05) is 12.1 Å². The number of aryl methyl sites for hydroxylation is 2. The van der Waals surface area contributed by atoms with Crippen molar-refractivity contribution in [2.24, 2.45) is 5.92 Å². The smallest absolute Gasteiger partial charge is 0.222 e. The summed E-state index contributed by atoms with van der Waals surface area (Å²) in [7, 11) is 0. The monoisotopic (exact) mass is 429 g/mol. The first-order chi connectivity index (χ1) is 15.7. The van der Waals surface area contributed by atoms with Crippen molar-refractivity contribution < 1.29 is 4.79 Å². The molecule has 6 heteroatoms. The number of aromatic amines is 1. The van der Waals surface area contributed by atoms with E-state index in [2.05, 4.69) is 43.2 Å². The SMILES string of the molecule is Cc1cccc(CCC(=O)N2CCC(CN3CCc4cc(-c5cn[nH]c5)ccc43)CC2)n1. The fourth-order valence-corrected chi connectivity index (χ4v) is 5.06. The Kier molecular flexibility index (Phi) is 5.93. The Morgan fingerprint density at radius 2 is 2.00 bits per heavy atom. The van der Waals surface area contributed by atoms with Crippen LogP contribution in [0.2, 0.25) is 0 Å². The molecule has 3 aromatic rings. The van der Waals surface area contributed by atoms with Gasteiger partial charge in [0.15, 0.2) is 0 Å². The fraction of sp³-hybridized carbons (Fsp3) is 0.423. The number of fused-ring (bicyclic) bond motifs is 1. The highest BCUT2D eigenvalue weighted by molar-refractivity contribution is 5.76. The number of benzene rings is 1. The molecule has 1 N–H and O–H groups in total. The summed E-state index contributed by atoms with van der Waals surface area (Å²) >= 11 is 0. The van der Waals surface area contributed by atoms with Crippen LogP contribution in [0.1, 0.15) is 36.2 Å². The molecule has 0 radical (unpaired) electrons. The number of nitrogens with zero attached hydrogens (tertiary/aromatic N) is 4. The summed E-state index contributed by atoms with van der Waals surface area (Å²) < 4.78 is 0. The van der Waals surface area contributed by atoms with E-state index in [9.17, 15) is 4.79 Å². The molecule has 6 nitrogen and oxygen atoms in total. The minimum atomic E-state index is 0.269. The number of pyridine rings is 1. The lowest BCUT2D eigenvalue weighted by Gasteiger charge is -2.34. The number of carbonyl (C=O) groups is 1. The van der Waals surface area contributed by atoms with E-state index in [0.29, 0.717) is 12.3 Å². The predicted octanol–water partition coefficient (Wildman–Crippen LogP) is 4.01. The second-order valence-corrected chi connectivity index (χ2v) is 9.12. The van der Waals surface area contributed by atoms with Gasteiger partial charge in [0.2, 0.25) is 5.91 Å². The number of anilines is 1. The van der Waals surface area contributed by atoms with E-state index in [-0.39, 0.29) is 5.91 Å². The lowest BCUT2D eigenvalue weighted by atomic mass is 9.95. The Bertz CT molecular complexity index is 1070. The van der Waals surface area contributed by atoms with Crippen LogP contribution in [-0.2, 0) is 17.6 Å². The van der Waals surface area contributed by atoms with Gasteiger partial charge in [-0.15, -0.1) is 0 Å². The molecule has 1 aromatic carbocycles. The van der Waals surface area contributed by atoms with Crippen molar-refractivity contribution in [3.8, 4) is 11.1 Å². The van der Waals surface area contributed by atoms with Crippen molar-refractivity contribution in [2.45, 2.75) is 39.0 Å². The van der Waals surface area contributed by atoms with Gasteiger partial charge >= 0.3 is 0 Å². The first-order valence-corrected chi connectivity index (χ1v) is 11.7. The van der Waals surface area contributed by atoms with E-state index in [4.69, 9.17) is 0 Å². The molecule has 0 spiro atoms. The zero-order valence-corrected chi connectivity index (χ0v) is 18.8. The zero-order valence-electron chi connectivity index (χ0n) is 18.8. The van der Waals surface area contributed by atoms with E-state index < -0.39 is 0 Å². The van der Waals surface area contributed by atoms with Crippen LogP contribution in [0.25, 0.3) is 11.1 Å². The molecular weight excluding hydrogens is 398 g/mol. The summed E-state index contributed by atoms with van der Waals surface area (Å²) in [6.07, 6.45) is 8.39. The van der Waals surface area contributed by atoms with Crippen LogP contribution in [0.5, 0.6) is 0 Å². The number of rotatable bonds is 6. The predicted molar refractivity (Wildman–Crippen MR) is 127 cm³/mol. The number of carbonyl (C=O) groups excluding carboxylic acids is 1. The molecule has 32 heavy (non-hydrogen) atoms. The fourth-order valence-electron chi connectivity index (χ4n) is 5.06. The number of aromatic nitrogens is 3. The molecule has 166 valence electrons. The molecule has 0 saturated carbocycles. The van der Waals surface area contributed by atoms with Gasteiger partial charge in [-0.05, 0) is 73.9 Å². The minimum absolute atomic E-state index is 0.269. The van der Waals surface area contributed by atoms with Gasteiger partial charge in [-0.2, -0.15) is 5.10 Å². The lowest BCUT2D eigenvalue weighted by molar-refractivity contribution is -0.132. The van der Waals surface area contributed by atoms with Crippen LogP contribution in [0.15, 0.2) is 48.8 Å². The molecular formula is C26H31N5O. The van der Waals surface area contributed by atoms with E-state index >= 15 is 0 Å². The molecule has 1 amide bonds. The molecule has 0 atom stereocenters. The van der Waals surface area contributed by atoms with Gasteiger partial charge < -0.3 is 9.80 Å². The molecule has 0 bridgehead atoms. The summed E-state index contributed by atoms with van der Waals surface area (Å²) in [5, 5.41) is 6.96. The molecule has 1 saturated heterocycles. The van der Waals surface area contributed by atoms with Crippen molar-refractivity contribution in [3.05, 3.63) is 65.7 Å². The van der Waals surface area contributed by atoms with Crippen LogP contribution in [0.4, 0.5) is 5.69 Å². The minimum Gasteiger partial charge on any atom is -0.371 e. The molecule has 1 fully saturated rings. The van der Waals surface area contributed by atoms with Crippen LogP contribution >= 0.6 is 0 Å². The number of nitrogens with one attached hydrogen (secondary N) is 1. The van der Waals surface area contributed by atoms with Crippen molar-refractivity contribution in [2.75, 3.05) is 31.1 Å². The molecule has 2 aliphatic rings. The third-order valence-electron chi connectivity index (χ3n) is 6.89. The zero-order chi connectivity index (χ0) is 21.9. The Labute approximate surface area is 189 Å². The van der Waals surface area contributed by atoms with Gasteiger partial charge in [-0.25, -0.2) is 0 Å². The van der Waals surface area contributed by atoms with Crippen LogP contribution in [0, 0.1) is 12.8 Å². The van der Waals surface area contributed by atoms with Crippen LogP contribution < -0.4 is 4.90 Å². The standard InChI is InChI=1S/C26H31N5O/c1-19-3-2-4-24(29-19)6-8-26(32)30-12-9-20(10-13-30)18-31-14-11-22-15-21(5-7-25(22)31)23-16-27-28-17-23/h2-5,7,15-17,20H,6,8-14,18H2,1H3,(H,27,28). The molecule has 0 unspecified atom stereocenters. The number of H-pyrrole nitrogens is 1. The third kappa shape index (κ3) is 4.54. The summed E-state index contributed by atoms with van der Waals surface area (Å²) in [5.74, 6) is 0.919. The second-order valence-electron chi connectivity index (χ2n) is 9.12. The number of piperidine rings is 1. The average Bonchev–Trinajstić information content (AvgIpc) is 3.48. The normalized spacial score (nSPS) is 16.4. The molecule has 0 aliphatic carbocycles. The number of hydrogen-bond donors (Lipinski definition) is 1. The lowest BCUT2D eigenvalue weighted by Crippen LogP contribution is -2.41. The highest BCUT2D eigenvalue weighted by Gasteiger charge is 2.27. The van der Waals surface area contributed by atoms with Crippen LogP contribution in [0.3, 0.4) is 0 Å². The third-order valence-corrected chi connectivity index (χ3v) is 6.89. The summed E-state index contributed by atoms with van der Waals surface area (Å²) in [5.41, 5.74) is 7.20. The van der Waals surface area contributed by atoms with Gasteiger partial charge in [0.1, 0.15) is 0 Å². The summed E-state index contributed by atoms with van der Waals surface area (Å²) in [4.78, 5) is 21.8. The average molecular weight is 430 g/mol. The number of likely N-dealkylation sites (tertiary alicyclic amines) is 1. The maximum absolute atomic E-state index is 12.7. The van der Waals surface area contributed by atoms with Crippen molar-refractivity contribution in [1.29, 1.82) is 0 Å². The Morgan fingerprint density at radius 3 is 2.78 bits per heavy atom. The van der Waals surface area contributed by atoms with Crippen molar-refractivity contribution >= 4 is 11.6 Å². The topological polar surface area (TPSA) is 65.1 Å². The van der Waals surface area contributed by atoms with Gasteiger partial charge in [-0.3, -0.25) is 14.9 Å². The summed E-state index contributed by atoms with van der Waals surface area (Å²) in [6.45, 7) is 5.93. The van der Waals surface area contributed by atoms with E-state index in [1.807, 2.05) is 37.5 Å². The van der Waals surface area contributed by atoms with E-state index in [0.717, 1.165) is 68.8 Å². The van der Waals surface area contributed by atoms with Crippen molar-refractivity contribution in [3.63, 3.8) is 0 Å². The Hall–Kier alpha value is -3.15. The Balaban J connectivity index is 1.11. The first kappa shape index (κ1) is 20.7. The Morgan fingerprint density at radius 1 is 1.12 bits per heavy atom. The largest absolute Gasteiger partial charge is 0.371 e. The maximum Gasteiger partial charge on any atom is 0.222 e. The quantitative estimate of drug-likeness (QED) is 0.643. The molecule has 2 aromatic heterocycles. The molecule has 5 rings (SSSR count). The van der Waals surface area contributed by atoms with Gasteiger partial charge in [0.25, 0.3) is 0 Å². The van der Waals surface area contributed by atoms with Crippen molar-refractivity contribution in [1.82, 2.24) is 20.1 Å². The molecule has 2 aliphatic heterocycles.